The van der Waals surface area contributed by atoms with Gasteiger partial charge < -0.3 is 16.8 Å². The summed E-state index contributed by atoms with van der Waals surface area (Å²) in [6, 6.07) is 5.45. The van der Waals surface area contributed by atoms with Gasteiger partial charge in [-0.3, -0.25) is 9.59 Å². The standard InChI is InChI=1S/C14H16ClN3O2S/c15-8-4-3-5-9-11(8)12(17)13(21-9)14(20)18-7-2-1-6-10(16)19/h3-5H,1-2,6-7,17H2,(H2,16,19)(H,18,20). The van der Waals surface area contributed by atoms with Crippen LogP contribution in [-0.4, -0.2) is 18.4 Å². The normalized spacial score (nSPS) is 10.7. The zero-order valence-electron chi connectivity index (χ0n) is 11.3. The number of unbranched alkanes of at least 4 members (excludes halogenated alkanes) is 1. The maximum absolute atomic E-state index is 12.1. The van der Waals surface area contributed by atoms with Crippen LogP contribution in [0.4, 0.5) is 5.69 Å². The number of benzene rings is 1. The molecule has 1 aromatic carbocycles. The van der Waals surface area contributed by atoms with Crippen LogP contribution in [-0.2, 0) is 4.79 Å². The van der Waals surface area contributed by atoms with Gasteiger partial charge in [0.1, 0.15) is 4.88 Å². The molecule has 1 heterocycles. The van der Waals surface area contributed by atoms with Crippen LogP contribution in [0.2, 0.25) is 5.02 Å². The maximum atomic E-state index is 12.1. The average molecular weight is 326 g/mol. The SMILES string of the molecule is NC(=O)CCCCNC(=O)c1sc2cccc(Cl)c2c1N. The first-order valence-electron chi connectivity index (χ1n) is 6.53. The molecule has 0 aliphatic heterocycles. The third-order valence-electron chi connectivity index (χ3n) is 3.04. The molecule has 1 aromatic heterocycles. The van der Waals surface area contributed by atoms with Crippen molar-refractivity contribution in [3.05, 3.63) is 28.1 Å². The number of nitrogens with one attached hydrogen (secondary N) is 1. The monoisotopic (exact) mass is 325 g/mol. The van der Waals surface area contributed by atoms with Crippen molar-refractivity contribution in [3.8, 4) is 0 Å². The van der Waals surface area contributed by atoms with E-state index in [-0.39, 0.29) is 11.8 Å². The third kappa shape index (κ3) is 3.65. The van der Waals surface area contributed by atoms with Crippen molar-refractivity contribution in [1.82, 2.24) is 5.32 Å². The van der Waals surface area contributed by atoms with E-state index in [9.17, 15) is 9.59 Å². The van der Waals surface area contributed by atoms with Gasteiger partial charge in [0, 0.05) is 23.1 Å². The van der Waals surface area contributed by atoms with E-state index in [0.29, 0.717) is 41.4 Å². The van der Waals surface area contributed by atoms with Crippen LogP contribution in [0.5, 0.6) is 0 Å². The Balaban J connectivity index is 2.01. The number of hydrogen-bond acceptors (Lipinski definition) is 4. The average Bonchev–Trinajstić information content (AvgIpc) is 2.76. The number of nitrogens with two attached hydrogens (primary N) is 2. The second kappa shape index (κ2) is 6.78. The Labute approximate surface area is 131 Å². The zero-order chi connectivity index (χ0) is 15.4. The van der Waals surface area contributed by atoms with Crippen molar-refractivity contribution in [2.24, 2.45) is 5.73 Å². The van der Waals surface area contributed by atoms with Gasteiger partial charge in [-0.2, -0.15) is 0 Å². The summed E-state index contributed by atoms with van der Waals surface area (Å²) >= 11 is 7.43. The van der Waals surface area contributed by atoms with Gasteiger partial charge in [0.05, 0.1) is 10.7 Å². The quantitative estimate of drug-likeness (QED) is 0.712. The number of hydrogen-bond donors (Lipinski definition) is 3. The van der Waals surface area contributed by atoms with Gasteiger partial charge in [-0.1, -0.05) is 17.7 Å². The molecule has 0 aliphatic carbocycles. The lowest BCUT2D eigenvalue weighted by molar-refractivity contribution is -0.118. The number of thiophene rings is 1. The van der Waals surface area contributed by atoms with Crippen molar-refractivity contribution in [3.63, 3.8) is 0 Å². The number of halogens is 1. The van der Waals surface area contributed by atoms with Crippen LogP contribution in [0, 0.1) is 0 Å². The Morgan fingerprint density at radius 3 is 2.71 bits per heavy atom. The van der Waals surface area contributed by atoms with Crippen molar-refractivity contribution >= 4 is 50.5 Å². The summed E-state index contributed by atoms with van der Waals surface area (Å²) in [6.45, 7) is 0.480. The molecule has 5 N–H and O–H groups in total. The number of carbonyl (C=O) groups is 2. The molecule has 0 atom stereocenters. The Kier molecular flexibility index (Phi) is 5.03. The van der Waals surface area contributed by atoms with Gasteiger partial charge >= 0.3 is 0 Å². The lowest BCUT2D eigenvalue weighted by atomic mass is 10.2. The molecule has 21 heavy (non-hydrogen) atoms. The number of nitrogen functional groups attached to an aromatic ring is 1. The molecular formula is C14H16ClN3O2S. The second-order valence-corrected chi connectivity index (χ2v) is 6.10. The Bertz CT molecular complexity index is 684. The smallest absolute Gasteiger partial charge is 0.263 e. The summed E-state index contributed by atoms with van der Waals surface area (Å²) in [5, 5.41) is 4.06. The molecule has 0 unspecified atom stereocenters. The number of rotatable bonds is 6. The molecule has 5 nitrogen and oxygen atoms in total. The van der Waals surface area contributed by atoms with Gasteiger partial charge in [0.15, 0.2) is 0 Å². The third-order valence-corrected chi connectivity index (χ3v) is 4.53. The van der Waals surface area contributed by atoms with Gasteiger partial charge in [0.25, 0.3) is 5.91 Å². The van der Waals surface area contributed by atoms with Gasteiger partial charge in [0.2, 0.25) is 5.91 Å². The predicted molar refractivity (Wildman–Crippen MR) is 86.6 cm³/mol. The molecule has 0 aliphatic rings. The van der Waals surface area contributed by atoms with Gasteiger partial charge in [-0.05, 0) is 25.0 Å². The summed E-state index contributed by atoms with van der Waals surface area (Å²) in [7, 11) is 0. The van der Waals surface area contributed by atoms with E-state index in [2.05, 4.69) is 5.32 Å². The molecule has 0 radical (unpaired) electrons. The molecule has 0 fully saturated rings. The molecule has 2 aromatic rings. The van der Waals surface area contributed by atoms with E-state index in [1.54, 1.807) is 6.07 Å². The lowest BCUT2D eigenvalue weighted by Crippen LogP contribution is -2.24. The number of anilines is 1. The number of amides is 2. The Morgan fingerprint density at radius 1 is 1.29 bits per heavy atom. The van der Waals surface area contributed by atoms with E-state index in [4.69, 9.17) is 23.1 Å². The molecule has 7 heteroatoms. The first-order valence-corrected chi connectivity index (χ1v) is 7.73. The highest BCUT2D eigenvalue weighted by molar-refractivity contribution is 7.21. The minimum atomic E-state index is -0.329. The van der Waals surface area contributed by atoms with Crippen LogP contribution < -0.4 is 16.8 Å². The molecule has 112 valence electrons. The molecule has 0 saturated carbocycles. The largest absolute Gasteiger partial charge is 0.397 e. The highest BCUT2D eigenvalue weighted by atomic mass is 35.5. The summed E-state index contributed by atoms with van der Waals surface area (Å²) in [6.07, 6.45) is 1.68. The van der Waals surface area contributed by atoms with Gasteiger partial charge in [-0.15, -0.1) is 11.3 Å². The Hall–Kier alpha value is -1.79. The van der Waals surface area contributed by atoms with Crippen molar-refractivity contribution < 1.29 is 9.59 Å². The van der Waals surface area contributed by atoms with E-state index < -0.39 is 0 Å². The fraction of sp³-hybridized carbons (Fsp3) is 0.286. The lowest BCUT2D eigenvalue weighted by Gasteiger charge is -2.04. The fourth-order valence-corrected chi connectivity index (χ4v) is 3.40. The zero-order valence-corrected chi connectivity index (χ0v) is 12.9. The molecular weight excluding hydrogens is 310 g/mol. The highest BCUT2D eigenvalue weighted by Crippen LogP contribution is 2.37. The van der Waals surface area contributed by atoms with Crippen molar-refractivity contribution in [2.75, 3.05) is 12.3 Å². The highest BCUT2D eigenvalue weighted by Gasteiger charge is 2.17. The first kappa shape index (κ1) is 15.6. The minimum absolute atomic E-state index is 0.219. The van der Waals surface area contributed by atoms with E-state index >= 15 is 0 Å². The topological polar surface area (TPSA) is 98.2 Å². The molecule has 0 saturated heterocycles. The van der Waals surface area contributed by atoms with Gasteiger partial charge in [-0.25, -0.2) is 0 Å². The summed E-state index contributed by atoms with van der Waals surface area (Å²) in [5.74, 6) is -0.548. The molecule has 0 bridgehead atoms. The second-order valence-electron chi connectivity index (χ2n) is 4.64. The number of carbonyl (C=O) groups excluding carboxylic acids is 2. The van der Waals surface area contributed by atoms with Crippen LogP contribution in [0.25, 0.3) is 10.1 Å². The predicted octanol–water partition coefficient (Wildman–Crippen LogP) is 2.52. The minimum Gasteiger partial charge on any atom is -0.397 e. The van der Waals surface area contributed by atoms with E-state index in [1.807, 2.05) is 12.1 Å². The van der Waals surface area contributed by atoms with Crippen LogP contribution >= 0.6 is 22.9 Å². The summed E-state index contributed by atoms with van der Waals surface area (Å²) < 4.78 is 0.888. The molecule has 2 amide bonds. The van der Waals surface area contributed by atoms with Crippen LogP contribution in [0.1, 0.15) is 28.9 Å². The van der Waals surface area contributed by atoms with E-state index in [0.717, 1.165) is 10.1 Å². The summed E-state index contributed by atoms with van der Waals surface area (Å²) in [5.41, 5.74) is 11.5. The van der Waals surface area contributed by atoms with Crippen LogP contribution in [0.3, 0.4) is 0 Å². The fourth-order valence-electron chi connectivity index (χ4n) is 2.00. The van der Waals surface area contributed by atoms with Crippen molar-refractivity contribution in [1.29, 1.82) is 0 Å². The number of primary amides is 1. The Morgan fingerprint density at radius 2 is 2.05 bits per heavy atom. The molecule has 2 rings (SSSR count). The van der Waals surface area contributed by atoms with E-state index in [1.165, 1.54) is 11.3 Å². The molecule has 0 spiro atoms. The number of fused-ring (bicyclic) bond motifs is 1. The first-order chi connectivity index (χ1) is 10.0. The summed E-state index contributed by atoms with van der Waals surface area (Å²) in [4.78, 5) is 23.2. The maximum Gasteiger partial charge on any atom is 0.263 e. The van der Waals surface area contributed by atoms with Crippen LogP contribution in [0.15, 0.2) is 18.2 Å². The van der Waals surface area contributed by atoms with Crippen molar-refractivity contribution in [2.45, 2.75) is 19.3 Å².